The summed E-state index contributed by atoms with van der Waals surface area (Å²) in [5.74, 6) is -1.77. The first-order valence-corrected chi connectivity index (χ1v) is 12.3. The van der Waals surface area contributed by atoms with Crippen LogP contribution in [0.1, 0.15) is 39.7 Å². The standard InChI is InChI=1S/C13H20O3SSi.C9H10O4/c1-9-5-7-11(8-6-9)17(14,15)16-12(3)10(2)13(12,4)18;1-9(8(12)13)4-2-3-6(5-9)7(10)11/h5-8,10H,1-4,18H3;2-4H,5H2,1H3,(H,10,11)(H,12,13). The van der Waals surface area contributed by atoms with Crippen molar-refractivity contribution in [3.8, 4) is 0 Å². The van der Waals surface area contributed by atoms with Crippen LogP contribution in [-0.2, 0) is 23.9 Å². The highest BCUT2D eigenvalue weighted by Crippen LogP contribution is 2.68. The minimum Gasteiger partial charge on any atom is -0.481 e. The third kappa shape index (κ3) is 4.99. The molecule has 0 aliphatic heterocycles. The van der Waals surface area contributed by atoms with Gasteiger partial charge in [-0.25, -0.2) is 4.79 Å². The molecule has 1 aromatic carbocycles. The van der Waals surface area contributed by atoms with Crippen LogP contribution in [0.3, 0.4) is 0 Å². The molecule has 0 bridgehead atoms. The number of carboxylic acid groups (broad SMARTS) is 2. The summed E-state index contributed by atoms with van der Waals surface area (Å²) in [6, 6.07) is 6.78. The number of hydrogen-bond donors (Lipinski definition) is 2. The molecule has 1 aromatic rings. The highest BCUT2D eigenvalue weighted by Gasteiger charge is 2.68. The summed E-state index contributed by atoms with van der Waals surface area (Å²) in [6.45, 7) is 9.47. The van der Waals surface area contributed by atoms with E-state index < -0.39 is 33.1 Å². The largest absolute Gasteiger partial charge is 0.481 e. The second kappa shape index (κ2) is 8.37. The molecule has 4 unspecified atom stereocenters. The Kier molecular flexibility index (Phi) is 6.75. The van der Waals surface area contributed by atoms with E-state index in [0.717, 1.165) is 15.8 Å². The number of allylic oxidation sites excluding steroid dienone is 2. The molecule has 0 aromatic heterocycles. The monoisotopic (exact) mass is 466 g/mol. The van der Waals surface area contributed by atoms with Crippen LogP contribution in [0.5, 0.6) is 0 Å². The zero-order valence-electron chi connectivity index (χ0n) is 18.7. The number of carbonyl (C=O) groups is 2. The molecule has 170 valence electrons. The first kappa shape index (κ1) is 25.0. The lowest BCUT2D eigenvalue weighted by molar-refractivity contribution is -0.145. The summed E-state index contributed by atoms with van der Waals surface area (Å²) >= 11 is 0. The Morgan fingerprint density at radius 1 is 1.13 bits per heavy atom. The second-order valence-electron chi connectivity index (χ2n) is 9.16. The van der Waals surface area contributed by atoms with Crippen molar-refractivity contribution in [2.24, 2.45) is 11.3 Å². The van der Waals surface area contributed by atoms with Gasteiger partial charge in [-0.1, -0.05) is 49.8 Å². The van der Waals surface area contributed by atoms with E-state index in [4.69, 9.17) is 14.4 Å². The molecule has 0 spiro atoms. The number of aryl methyl sites for hydroxylation is 1. The number of rotatable bonds is 5. The number of benzene rings is 1. The number of aliphatic carboxylic acids is 2. The predicted molar refractivity (Wildman–Crippen MR) is 121 cm³/mol. The van der Waals surface area contributed by atoms with Crippen molar-refractivity contribution < 1.29 is 32.4 Å². The fraction of sp³-hybridized carbons (Fsp3) is 0.455. The molecule has 0 saturated heterocycles. The molecule has 3 rings (SSSR count). The Bertz CT molecular complexity index is 1040. The lowest BCUT2D eigenvalue weighted by Crippen LogP contribution is -2.28. The summed E-state index contributed by atoms with van der Waals surface area (Å²) in [7, 11) is -2.73. The van der Waals surface area contributed by atoms with Gasteiger partial charge in [0.25, 0.3) is 10.1 Å². The second-order valence-corrected chi connectivity index (χ2v) is 12.8. The van der Waals surface area contributed by atoms with Crippen LogP contribution >= 0.6 is 0 Å². The van der Waals surface area contributed by atoms with E-state index in [1.54, 1.807) is 24.3 Å². The molecule has 4 atom stereocenters. The van der Waals surface area contributed by atoms with Gasteiger partial charge >= 0.3 is 11.9 Å². The molecular formula is C22H30O7SSi. The fourth-order valence-corrected chi connectivity index (χ4v) is 6.04. The van der Waals surface area contributed by atoms with Crippen molar-refractivity contribution in [1.82, 2.24) is 0 Å². The Morgan fingerprint density at radius 3 is 2.06 bits per heavy atom. The van der Waals surface area contributed by atoms with Gasteiger partial charge in [0.15, 0.2) is 0 Å². The molecule has 7 nitrogen and oxygen atoms in total. The van der Waals surface area contributed by atoms with E-state index in [0.29, 0.717) is 0 Å². The van der Waals surface area contributed by atoms with Gasteiger partial charge < -0.3 is 10.2 Å². The molecular weight excluding hydrogens is 436 g/mol. The van der Waals surface area contributed by atoms with Gasteiger partial charge in [0.2, 0.25) is 0 Å². The van der Waals surface area contributed by atoms with Crippen molar-refractivity contribution in [2.75, 3.05) is 0 Å². The van der Waals surface area contributed by atoms with Crippen molar-refractivity contribution in [1.29, 1.82) is 0 Å². The van der Waals surface area contributed by atoms with Crippen LogP contribution in [-0.4, -0.2) is 46.4 Å². The Balaban J connectivity index is 0.000000233. The minimum atomic E-state index is -3.65. The summed E-state index contributed by atoms with van der Waals surface area (Å²) in [5.41, 5.74) is -0.453. The van der Waals surface area contributed by atoms with Crippen molar-refractivity contribution in [3.05, 3.63) is 53.6 Å². The highest BCUT2D eigenvalue weighted by atomic mass is 32.2. The average Bonchev–Trinajstić information content (AvgIpc) is 3.04. The smallest absolute Gasteiger partial charge is 0.331 e. The third-order valence-electron chi connectivity index (χ3n) is 6.78. The van der Waals surface area contributed by atoms with Gasteiger partial charge in [-0.2, -0.15) is 8.42 Å². The summed E-state index contributed by atoms with van der Waals surface area (Å²) in [4.78, 5) is 21.6. The Hall–Kier alpha value is -2.23. The highest BCUT2D eigenvalue weighted by molar-refractivity contribution is 7.86. The predicted octanol–water partition coefficient (Wildman–Crippen LogP) is 2.70. The molecule has 1 saturated carbocycles. The Morgan fingerprint density at radius 2 is 1.65 bits per heavy atom. The summed E-state index contributed by atoms with van der Waals surface area (Å²) in [5, 5.41) is 17.5. The molecule has 0 radical (unpaired) electrons. The number of hydrogen-bond acceptors (Lipinski definition) is 5. The van der Waals surface area contributed by atoms with Crippen molar-refractivity contribution in [2.45, 2.75) is 56.6 Å². The topological polar surface area (TPSA) is 118 Å². The molecule has 2 aliphatic carbocycles. The van der Waals surface area contributed by atoms with E-state index in [1.807, 2.05) is 13.8 Å². The van der Waals surface area contributed by atoms with E-state index >= 15 is 0 Å². The molecule has 31 heavy (non-hydrogen) atoms. The quantitative estimate of drug-likeness (QED) is 0.506. The van der Waals surface area contributed by atoms with E-state index in [9.17, 15) is 18.0 Å². The van der Waals surface area contributed by atoms with Gasteiger partial charge in [0.1, 0.15) is 0 Å². The molecule has 0 amide bonds. The van der Waals surface area contributed by atoms with Gasteiger partial charge in [0, 0.05) is 15.8 Å². The van der Waals surface area contributed by atoms with Crippen molar-refractivity contribution in [3.63, 3.8) is 0 Å². The van der Waals surface area contributed by atoms with Gasteiger partial charge in [-0.05, 0) is 50.3 Å². The van der Waals surface area contributed by atoms with E-state index in [1.165, 1.54) is 25.2 Å². The van der Waals surface area contributed by atoms with Gasteiger partial charge in [-0.3, -0.25) is 8.98 Å². The minimum absolute atomic E-state index is 0.0325. The molecule has 0 heterocycles. The zero-order chi connectivity index (χ0) is 23.8. The van der Waals surface area contributed by atoms with E-state index in [-0.39, 0.29) is 27.8 Å². The van der Waals surface area contributed by atoms with Crippen LogP contribution in [0, 0.1) is 18.3 Å². The maximum atomic E-state index is 12.2. The zero-order valence-corrected chi connectivity index (χ0v) is 21.5. The van der Waals surface area contributed by atoms with E-state index in [2.05, 4.69) is 13.8 Å². The Labute approximate surface area is 186 Å². The fourth-order valence-electron chi connectivity index (χ4n) is 3.57. The summed E-state index contributed by atoms with van der Waals surface area (Å²) < 4.78 is 29.9. The maximum Gasteiger partial charge on any atom is 0.331 e. The lowest BCUT2D eigenvalue weighted by atomic mass is 9.80. The molecule has 9 heteroatoms. The molecule has 2 N–H and O–H groups in total. The lowest BCUT2D eigenvalue weighted by Gasteiger charge is -2.23. The van der Waals surface area contributed by atoms with Crippen LogP contribution in [0.25, 0.3) is 0 Å². The maximum absolute atomic E-state index is 12.2. The first-order valence-electron chi connectivity index (χ1n) is 9.94. The van der Waals surface area contributed by atoms with Gasteiger partial charge in [-0.15, -0.1) is 0 Å². The first-order chi connectivity index (χ1) is 14.1. The normalized spacial score (nSPS) is 31.9. The summed E-state index contributed by atoms with van der Waals surface area (Å²) in [6.07, 6.45) is 4.43. The molecule has 1 fully saturated rings. The van der Waals surface area contributed by atoms with Crippen LogP contribution in [0.15, 0.2) is 53.0 Å². The van der Waals surface area contributed by atoms with Crippen molar-refractivity contribution >= 4 is 32.3 Å². The van der Waals surface area contributed by atoms with Crippen LogP contribution in [0.4, 0.5) is 0 Å². The molecule has 2 aliphatic rings. The van der Waals surface area contributed by atoms with Gasteiger partial charge in [0.05, 0.1) is 15.9 Å². The number of carboxylic acids is 2. The van der Waals surface area contributed by atoms with Crippen LogP contribution < -0.4 is 0 Å². The third-order valence-corrected chi connectivity index (χ3v) is 10.1. The van der Waals surface area contributed by atoms with Crippen LogP contribution in [0.2, 0.25) is 5.04 Å². The SMILES string of the molecule is CC1(C(=O)O)C=CC=C(C(=O)O)C1.Cc1ccc(S(=O)(=O)OC2(C)C(C)C2(C)[SiH3])cc1. The average molecular weight is 467 g/mol.